The van der Waals surface area contributed by atoms with Gasteiger partial charge in [0.15, 0.2) is 0 Å². The van der Waals surface area contributed by atoms with Gasteiger partial charge in [-0.2, -0.15) is 0 Å². The van der Waals surface area contributed by atoms with E-state index in [-0.39, 0.29) is 12.4 Å². The van der Waals surface area contributed by atoms with E-state index in [1.165, 1.54) is 12.8 Å². The van der Waals surface area contributed by atoms with E-state index < -0.39 is 0 Å². The molecule has 0 aromatic carbocycles. The van der Waals surface area contributed by atoms with Crippen LogP contribution in [0.2, 0.25) is 0 Å². The molecule has 1 atom stereocenters. The molecule has 0 bridgehead atoms. The zero-order chi connectivity index (χ0) is 11.9. The SMILES string of the molecule is Cl.O=C(CCCCC1C=CSS1)N1CCNCC1. The Balaban J connectivity index is 0.00000162. The van der Waals surface area contributed by atoms with Crippen molar-refractivity contribution < 1.29 is 4.79 Å². The van der Waals surface area contributed by atoms with Gasteiger partial charge in [0, 0.05) is 37.8 Å². The second-order valence-corrected chi connectivity index (χ2v) is 6.85. The van der Waals surface area contributed by atoms with Crippen molar-refractivity contribution in [2.24, 2.45) is 0 Å². The fraction of sp³-hybridized carbons (Fsp3) is 0.750. The fourth-order valence-electron chi connectivity index (χ4n) is 2.09. The highest BCUT2D eigenvalue weighted by atomic mass is 35.5. The molecule has 0 saturated carbocycles. The molecule has 1 saturated heterocycles. The van der Waals surface area contributed by atoms with Crippen molar-refractivity contribution >= 4 is 39.9 Å². The smallest absolute Gasteiger partial charge is 0.222 e. The normalized spacial score (nSPS) is 22.9. The van der Waals surface area contributed by atoms with E-state index in [4.69, 9.17) is 0 Å². The van der Waals surface area contributed by atoms with Gasteiger partial charge < -0.3 is 10.2 Å². The van der Waals surface area contributed by atoms with Crippen LogP contribution >= 0.6 is 34.0 Å². The van der Waals surface area contributed by atoms with Crippen molar-refractivity contribution in [2.75, 3.05) is 26.2 Å². The first kappa shape index (κ1) is 16.2. The van der Waals surface area contributed by atoms with E-state index >= 15 is 0 Å². The Labute approximate surface area is 123 Å². The fourth-order valence-corrected chi connectivity index (χ4v) is 4.35. The molecule has 2 aliphatic heterocycles. The van der Waals surface area contributed by atoms with E-state index in [0.717, 1.165) is 39.0 Å². The third-order valence-corrected chi connectivity index (χ3v) is 5.55. The van der Waals surface area contributed by atoms with E-state index in [9.17, 15) is 4.79 Å². The van der Waals surface area contributed by atoms with Crippen molar-refractivity contribution in [1.29, 1.82) is 0 Å². The van der Waals surface area contributed by atoms with E-state index in [0.29, 0.717) is 11.2 Å². The molecule has 0 aromatic rings. The van der Waals surface area contributed by atoms with Gasteiger partial charge in [-0.3, -0.25) is 4.79 Å². The Kier molecular flexibility index (Phi) is 8.22. The standard InChI is InChI=1S/C12H20N2OS2.ClH/c15-12(14-8-6-13-7-9-14)4-2-1-3-11-5-10-16-17-11;/h5,10-11,13H,1-4,6-9H2;1H. The summed E-state index contributed by atoms with van der Waals surface area (Å²) in [5.74, 6) is 0.343. The summed E-state index contributed by atoms with van der Waals surface area (Å²) in [6, 6.07) is 0. The quantitative estimate of drug-likeness (QED) is 0.625. The molecule has 0 spiro atoms. The summed E-state index contributed by atoms with van der Waals surface area (Å²) >= 11 is 0. The number of nitrogens with one attached hydrogen (secondary N) is 1. The van der Waals surface area contributed by atoms with Crippen molar-refractivity contribution in [1.82, 2.24) is 10.2 Å². The van der Waals surface area contributed by atoms with Crippen molar-refractivity contribution in [3.8, 4) is 0 Å². The zero-order valence-electron chi connectivity index (χ0n) is 10.5. The number of unbranched alkanes of at least 4 members (excludes halogenated alkanes) is 1. The molecule has 6 heteroatoms. The molecular weight excluding hydrogens is 288 g/mol. The minimum absolute atomic E-state index is 0. The van der Waals surface area contributed by atoms with Crippen LogP contribution in [0, 0.1) is 0 Å². The average Bonchev–Trinajstić information content (AvgIpc) is 2.88. The Bertz CT molecular complexity index is 283. The van der Waals surface area contributed by atoms with E-state index in [1.54, 1.807) is 0 Å². The molecule has 0 radical (unpaired) electrons. The average molecular weight is 309 g/mol. The number of carbonyl (C=O) groups excluding carboxylic acids is 1. The van der Waals surface area contributed by atoms with E-state index in [2.05, 4.69) is 16.8 Å². The first-order valence-electron chi connectivity index (χ1n) is 6.33. The van der Waals surface area contributed by atoms with Crippen LogP contribution in [0.3, 0.4) is 0 Å². The largest absolute Gasteiger partial charge is 0.340 e. The first-order chi connectivity index (χ1) is 8.36. The van der Waals surface area contributed by atoms with Crippen LogP contribution in [0.1, 0.15) is 25.7 Å². The third-order valence-electron chi connectivity index (χ3n) is 3.13. The van der Waals surface area contributed by atoms with Gasteiger partial charge in [-0.25, -0.2) is 0 Å². The summed E-state index contributed by atoms with van der Waals surface area (Å²) in [6.07, 6.45) is 6.42. The summed E-state index contributed by atoms with van der Waals surface area (Å²) in [5, 5.41) is 6.11. The number of hydrogen-bond donors (Lipinski definition) is 1. The van der Waals surface area contributed by atoms with Crippen LogP contribution < -0.4 is 5.32 Å². The number of carbonyl (C=O) groups is 1. The summed E-state index contributed by atoms with van der Waals surface area (Å²) in [6.45, 7) is 3.67. The lowest BCUT2D eigenvalue weighted by Gasteiger charge is -2.27. The van der Waals surface area contributed by atoms with Gasteiger partial charge in [-0.1, -0.05) is 34.1 Å². The molecule has 104 valence electrons. The van der Waals surface area contributed by atoms with Crippen molar-refractivity contribution in [3.05, 3.63) is 11.5 Å². The zero-order valence-corrected chi connectivity index (χ0v) is 12.9. The van der Waals surface area contributed by atoms with Crippen LogP contribution in [0.25, 0.3) is 0 Å². The van der Waals surface area contributed by atoms with Gasteiger partial charge in [-0.15, -0.1) is 12.4 Å². The third kappa shape index (κ3) is 5.43. The topological polar surface area (TPSA) is 32.3 Å². The molecule has 2 rings (SSSR count). The molecule has 1 N–H and O–H groups in total. The molecule has 2 heterocycles. The van der Waals surface area contributed by atoms with Gasteiger partial charge in [0.25, 0.3) is 0 Å². The molecule has 1 amide bonds. The second-order valence-electron chi connectivity index (χ2n) is 4.44. The Hall–Kier alpha value is 0.160. The molecule has 0 aromatic heterocycles. The van der Waals surface area contributed by atoms with Crippen molar-refractivity contribution in [2.45, 2.75) is 30.9 Å². The van der Waals surface area contributed by atoms with Crippen LogP contribution in [0.5, 0.6) is 0 Å². The van der Waals surface area contributed by atoms with Gasteiger partial charge in [0.05, 0.1) is 0 Å². The maximum Gasteiger partial charge on any atom is 0.222 e. The Morgan fingerprint density at radius 2 is 2.11 bits per heavy atom. The summed E-state index contributed by atoms with van der Waals surface area (Å²) in [4.78, 5) is 13.9. The minimum Gasteiger partial charge on any atom is -0.340 e. The lowest BCUT2D eigenvalue weighted by molar-refractivity contribution is -0.131. The monoisotopic (exact) mass is 308 g/mol. The molecule has 2 aliphatic rings. The number of halogens is 1. The van der Waals surface area contributed by atoms with Crippen LogP contribution in [-0.4, -0.2) is 42.2 Å². The number of amides is 1. The number of rotatable bonds is 5. The maximum absolute atomic E-state index is 11.9. The van der Waals surface area contributed by atoms with Gasteiger partial charge >= 0.3 is 0 Å². The van der Waals surface area contributed by atoms with Crippen LogP contribution in [0.4, 0.5) is 0 Å². The van der Waals surface area contributed by atoms with Crippen molar-refractivity contribution in [3.63, 3.8) is 0 Å². The van der Waals surface area contributed by atoms with Crippen LogP contribution in [-0.2, 0) is 4.79 Å². The highest BCUT2D eigenvalue weighted by molar-refractivity contribution is 8.78. The molecule has 3 nitrogen and oxygen atoms in total. The predicted octanol–water partition coefficient (Wildman–Crippen LogP) is 2.68. The maximum atomic E-state index is 11.9. The highest BCUT2D eigenvalue weighted by Gasteiger charge is 2.16. The first-order valence-corrected chi connectivity index (χ1v) is 8.61. The highest BCUT2D eigenvalue weighted by Crippen LogP contribution is 2.37. The van der Waals surface area contributed by atoms with E-state index in [1.807, 2.05) is 26.5 Å². The summed E-state index contributed by atoms with van der Waals surface area (Å²) < 4.78 is 0. The lowest BCUT2D eigenvalue weighted by atomic mass is 10.1. The molecule has 0 aliphatic carbocycles. The number of hydrogen-bond acceptors (Lipinski definition) is 4. The lowest BCUT2D eigenvalue weighted by Crippen LogP contribution is -2.46. The van der Waals surface area contributed by atoms with Gasteiger partial charge in [-0.05, 0) is 18.2 Å². The second kappa shape index (κ2) is 9.13. The summed E-state index contributed by atoms with van der Waals surface area (Å²) in [7, 11) is 3.75. The molecule has 1 unspecified atom stereocenters. The predicted molar refractivity (Wildman–Crippen MR) is 83.3 cm³/mol. The van der Waals surface area contributed by atoms with Crippen LogP contribution in [0.15, 0.2) is 11.5 Å². The Morgan fingerprint density at radius 1 is 1.33 bits per heavy atom. The van der Waals surface area contributed by atoms with Gasteiger partial charge in [0.2, 0.25) is 5.91 Å². The number of nitrogens with zero attached hydrogens (tertiary/aromatic N) is 1. The molecule has 1 fully saturated rings. The summed E-state index contributed by atoms with van der Waals surface area (Å²) in [5.41, 5.74) is 0. The minimum atomic E-state index is 0. The molecule has 18 heavy (non-hydrogen) atoms. The van der Waals surface area contributed by atoms with Gasteiger partial charge in [0.1, 0.15) is 0 Å². The molecular formula is C12H21ClN2OS2. The Morgan fingerprint density at radius 3 is 2.78 bits per heavy atom. The number of piperazine rings is 1.